The van der Waals surface area contributed by atoms with Gasteiger partial charge in [0.15, 0.2) is 0 Å². The number of unbranched alkanes of at least 4 members (excludes halogenated alkanes) is 1. The van der Waals surface area contributed by atoms with Crippen LogP contribution in [0, 0.1) is 6.92 Å². The summed E-state index contributed by atoms with van der Waals surface area (Å²) in [6, 6.07) is 11.1. The van der Waals surface area contributed by atoms with Gasteiger partial charge in [-0.15, -0.1) is 6.58 Å². The summed E-state index contributed by atoms with van der Waals surface area (Å²) >= 11 is 0. The van der Waals surface area contributed by atoms with E-state index < -0.39 is 0 Å². The smallest absolute Gasteiger partial charge is 0.0507 e. The summed E-state index contributed by atoms with van der Waals surface area (Å²) < 4.78 is 0. The zero-order valence-corrected chi connectivity index (χ0v) is 23.1. The Kier molecular flexibility index (Phi) is 18.4. The zero-order valence-electron chi connectivity index (χ0n) is 23.1. The highest BCUT2D eigenvalue weighted by Gasteiger charge is 2.20. The molecular weight excluding hydrogens is 400 g/mol. The largest absolute Gasteiger partial charge is 0.303 e. The molecule has 0 bridgehead atoms. The third kappa shape index (κ3) is 11.7. The predicted molar refractivity (Wildman–Crippen MR) is 149 cm³/mol. The number of rotatable bonds is 7. The van der Waals surface area contributed by atoms with E-state index in [1.165, 1.54) is 73.3 Å². The van der Waals surface area contributed by atoms with E-state index in [0.29, 0.717) is 5.92 Å². The Balaban J connectivity index is 0.000000557. The second-order valence-corrected chi connectivity index (χ2v) is 8.58. The summed E-state index contributed by atoms with van der Waals surface area (Å²) in [5.41, 5.74) is 6.97. The molecule has 3 rings (SSSR count). The Morgan fingerprint density at radius 1 is 0.970 bits per heavy atom. The van der Waals surface area contributed by atoms with Crippen LogP contribution < -0.4 is 0 Å². The lowest BCUT2D eigenvalue weighted by Crippen LogP contribution is -2.26. The molecule has 1 aromatic carbocycles. The van der Waals surface area contributed by atoms with Crippen molar-refractivity contribution in [2.75, 3.05) is 19.6 Å². The second kappa shape index (κ2) is 19.5. The molecule has 0 saturated carbocycles. The third-order valence-electron chi connectivity index (χ3n) is 5.67. The number of hydrogen-bond acceptors (Lipinski definition) is 2. The first-order valence-corrected chi connectivity index (χ1v) is 13.3. The number of aromatic nitrogens is 1. The van der Waals surface area contributed by atoms with Crippen LogP contribution in [-0.4, -0.2) is 29.5 Å². The van der Waals surface area contributed by atoms with E-state index in [0.717, 1.165) is 12.8 Å². The highest BCUT2D eigenvalue weighted by molar-refractivity contribution is 5.42. The molecule has 0 N–H and O–H groups in total. The van der Waals surface area contributed by atoms with Gasteiger partial charge in [0, 0.05) is 12.1 Å². The predicted octanol–water partition coefficient (Wildman–Crippen LogP) is 8.77. The van der Waals surface area contributed by atoms with Gasteiger partial charge in [0.05, 0.1) is 5.69 Å². The number of allylic oxidation sites excluding steroid dienone is 1. The summed E-state index contributed by atoms with van der Waals surface area (Å²) in [6.45, 7) is 24.3. The highest BCUT2D eigenvalue weighted by Crippen LogP contribution is 2.32. The van der Waals surface area contributed by atoms with E-state index in [1.807, 2.05) is 33.0 Å². The van der Waals surface area contributed by atoms with Crippen LogP contribution >= 0.6 is 0 Å². The monoisotopic (exact) mass is 452 g/mol. The van der Waals surface area contributed by atoms with E-state index in [1.54, 1.807) is 6.08 Å². The average Bonchev–Trinajstić information content (AvgIpc) is 2.97. The molecule has 1 heterocycles. The van der Waals surface area contributed by atoms with Crippen LogP contribution in [0.4, 0.5) is 0 Å². The number of aryl methyl sites for hydroxylation is 3. The van der Waals surface area contributed by atoms with E-state index in [2.05, 4.69) is 75.3 Å². The van der Waals surface area contributed by atoms with Gasteiger partial charge in [0.1, 0.15) is 0 Å². The fourth-order valence-electron chi connectivity index (χ4n) is 4.19. The minimum Gasteiger partial charge on any atom is -0.303 e. The van der Waals surface area contributed by atoms with Gasteiger partial charge >= 0.3 is 0 Å². The number of hydrogen-bond donors (Lipinski definition) is 0. The van der Waals surface area contributed by atoms with Crippen molar-refractivity contribution in [1.82, 2.24) is 9.88 Å². The standard InChI is InChI=1S/C16H17N.C10H23N.C3H6.C2H6/c1-11-5-8-15-12(2)16-13(4-3-9-17-16)6-7-14(15)10-11;1-4-7-10-11(8-5-2)9-6-3;1-3-2;1-2/h3-5,8-10,12H,6-7H2,1-2H3;4-10H2,1-3H3;3H,1H2,2H3;1-2H3. The first-order valence-electron chi connectivity index (χ1n) is 13.3. The van der Waals surface area contributed by atoms with Crippen LogP contribution in [0.1, 0.15) is 108 Å². The van der Waals surface area contributed by atoms with Gasteiger partial charge < -0.3 is 4.90 Å². The number of pyridine rings is 1. The Morgan fingerprint density at radius 2 is 1.58 bits per heavy atom. The van der Waals surface area contributed by atoms with Crippen molar-refractivity contribution in [1.29, 1.82) is 0 Å². The van der Waals surface area contributed by atoms with Crippen molar-refractivity contribution in [3.63, 3.8) is 0 Å². The summed E-state index contributed by atoms with van der Waals surface area (Å²) in [4.78, 5) is 7.15. The lowest BCUT2D eigenvalue weighted by molar-refractivity contribution is 0.270. The summed E-state index contributed by atoms with van der Waals surface area (Å²) in [7, 11) is 0. The minimum atomic E-state index is 0.421. The summed E-state index contributed by atoms with van der Waals surface area (Å²) in [6.07, 6.45) is 11.2. The number of fused-ring (bicyclic) bond motifs is 2. The molecule has 33 heavy (non-hydrogen) atoms. The Bertz CT molecular complexity index is 744. The van der Waals surface area contributed by atoms with Gasteiger partial charge in [-0.3, -0.25) is 4.98 Å². The molecule has 0 radical (unpaired) electrons. The van der Waals surface area contributed by atoms with Crippen molar-refractivity contribution in [2.24, 2.45) is 0 Å². The molecule has 1 aliphatic rings. The fraction of sp³-hybridized carbons (Fsp3) is 0.581. The topological polar surface area (TPSA) is 16.1 Å². The Labute approximate surface area is 206 Å². The van der Waals surface area contributed by atoms with Gasteiger partial charge in [-0.05, 0) is 88.3 Å². The summed E-state index contributed by atoms with van der Waals surface area (Å²) in [5.74, 6) is 0.421. The van der Waals surface area contributed by atoms with Crippen molar-refractivity contribution >= 4 is 0 Å². The van der Waals surface area contributed by atoms with E-state index in [-0.39, 0.29) is 0 Å². The van der Waals surface area contributed by atoms with Crippen LogP contribution in [-0.2, 0) is 12.8 Å². The van der Waals surface area contributed by atoms with E-state index >= 15 is 0 Å². The van der Waals surface area contributed by atoms with Crippen molar-refractivity contribution in [2.45, 2.75) is 99.8 Å². The van der Waals surface area contributed by atoms with E-state index in [4.69, 9.17) is 0 Å². The molecule has 186 valence electrons. The SMILES string of the molecule is C=CC.CC.CCCCN(CCC)CCC.Cc1ccc2c(c1)CCc1cccnc1C2C. The van der Waals surface area contributed by atoms with Gasteiger partial charge in [-0.2, -0.15) is 0 Å². The lowest BCUT2D eigenvalue weighted by Gasteiger charge is -2.20. The van der Waals surface area contributed by atoms with Gasteiger partial charge in [-0.1, -0.05) is 83.9 Å². The number of nitrogens with zero attached hydrogens (tertiary/aromatic N) is 2. The zero-order chi connectivity index (χ0) is 25.1. The first kappa shape index (κ1) is 31.1. The maximum atomic E-state index is 4.58. The maximum absolute atomic E-state index is 4.58. The van der Waals surface area contributed by atoms with E-state index in [9.17, 15) is 0 Å². The van der Waals surface area contributed by atoms with Crippen molar-refractivity contribution < 1.29 is 0 Å². The minimum absolute atomic E-state index is 0.421. The van der Waals surface area contributed by atoms with Crippen LogP contribution in [0.3, 0.4) is 0 Å². The molecule has 0 amide bonds. The van der Waals surface area contributed by atoms with Crippen molar-refractivity contribution in [3.05, 3.63) is 77.1 Å². The Morgan fingerprint density at radius 3 is 2.15 bits per heavy atom. The molecule has 0 saturated heterocycles. The second-order valence-electron chi connectivity index (χ2n) is 8.58. The lowest BCUT2D eigenvalue weighted by atomic mass is 9.92. The quantitative estimate of drug-likeness (QED) is 0.390. The molecule has 2 heteroatoms. The molecule has 1 atom stereocenters. The van der Waals surface area contributed by atoms with Crippen LogP contribution in [0.15, 0.2) is 49.2 Å². The normalized spacial score (nSPS) is 13.5. The van der Waals surface area contributed by atoms with Gasteiger partial charge in [0.25, 0.3) is 0 Å². The third-order valence-corrected chi connectivity index (χ3v) is 5.67. The molecule has 2 aromatic rings. The molecular formula is C31H52N2. The molecule has 0 spiro atoms. The molecule has 2 nitrogen and oxygen atoms in total. The molecule has 0 fully saturated rings. The van der Waals surface area contributed by atoms with Gasteiger partial charge in [-0.25, -0.2) is 0 Å². The molecule has 1 aliphatic carbocycles. The van der Waals surface area contributed by atoms with Crippen LogP contribution in [0.2, 0.25) is 0 Å². The van der Waals surface area contributed by atoms with Crippen molar-refractivity contribution in [3.8, 4) is 0 Å². The fourth-order valence-corrected chi connectivity index (χ4v) is 4.19. The molecule has 1 aromatic heterocycles. The van der Waals surface area contributed by atoms with Crippen LogP contribution in [0.25, 0.3) is 0 Å². The molecule has 0 aliphatic heterocycles. The molecule has 1 unspecified atom stereocenters. The Hall–Kier alpha value is -1.93. The maximum Gasteiger partial charge on any atom is 0.0507 e. The number of benzene rings is 1. The van der Waals surface area contributed by atoms with Crippen LogP contribution in [0.5, 0.6) is 0 Å². The first-order chi connectivity index (χ1) is 16.0. The summed E-state index contributed by atoms with van der Waals surface area (Å²) in [5, 5.41) is 0. The van der Waals surface area contributed by atoms with Gasteiger partial charge in [0.2, 0.25) is 0 Å². The average molecular weight is 453 g/mol. The highest BCUT2D eigenvalue weighted by atomic mass is 15.1.